The van der Waals surface area contributed by atoms with Crippen molar-refractivity contribution in [3.05, 3.63) is 23.8 Å². The molecule has 1 aromatic carbocycles. The van der Waals surface area contributed by atoms with Crippen LogP contribution in [0.5, 0.6) is 11.5 Å². The summed E-state index contributed by atoms with van der Waals surface area (Å²) in [5.74, 6) is 0.620. The van der Waals surface area contributed by atoms with Gasteiger partial charge in [0.1, 0.15) is 5.60 Å². The number of benzene rings is 1. The monoisotopic (exact) mass is 451 g/mol. The maximum atomic E-state index is 12.2. The van der Waals surface area contributed by atoms with Crippen LogP contribution in [-0.2, 0) is 30.2 Å². The largest absolute Gasteiger partial charge is 0.460 e. The van der Waals surface area contributed by atoms with Gasteiger partial charge < -0.3 is 28.6 Å². The van der Waals surface area contributed by atoms with Gasteiger partial charge in [0, 0.05) is 25.9 Å². The Kier molecular flexibility index (Phi) is 9.16. The van der Waals surface area contributed by atoms with E-state index in [0.717, 1.165) is 5.56 Å². The summed E-state index contributed by atoms with van der Waals surface area (Å²) in [5.41, 5.74) is 0.480. The fourth-order valence-electron chi connectivity index (χ4n) is 2.98. The topological polar surface area (TPSA) is 101 Å². The Hall–Kier alpha value is -2.97. The van der Waals surface area contributed by atoms with E-state index in [1.54, 1.807) is 27.8 Å². The van der Waals surface area contributed by atoms with E-state index in [9.17, 15) is 14.4 Å². The van der Waals surface area contributed by atoms with Crippen molar-refractivity contribution >= 4 is 18.0 Å². The lowest BCUT2D eigenvalue weighted by Gasteiger charge is -2.24. The van der Waals surface area contributed by atoms with Gasteiger partial charge in [0.2, 0.25) is 13.6 Å². The predicted octanol–water partition coefficient (Wildman–Crippen LogP) is 3.82. The van der Waals surface area contributed by atoms with Gasteiger partial charge in [0.15, 0.2) is 11.5 Å². The molecule has 9 heteroatoms. The van der Waals surface area contributed by atoms with Crippen LogP contribution in [-0.4, -0.2) is 55.2 Å². The number of nitrogens with zero attached hydrogens (tertiary/aromatic N) is 1. The van der Waals surface area contributed by atoms with Crippen molar-refractivity contribution < 1.29 is 38.1 Å². The molecule has 1 heterocycles. The first-order chi connectivity index (χ1) is 15.0. The third-order valence-electron chi connectivity index (χ3n) is 4.75. The first-order valence-electron chi connectivity index (χ1n) is 10.7. The van der Waals surface area contributed by atoms with Crippen LogP contribution in [0.1, 0.15) is 58.9 Å². The van der Waals surface area contributed by atoms with E-state index in [2.05, 4.69) is 0 Å². The van der Waals surface area contributed by atoms with E-state index in [4.69, 9.17) is 23.7 Å². The second-order valence-electron chi connectivity index (χ2n) is 8.69. The van der Waals surface area contributed by atoms with Crippen LogP contribution in [0.15, 0.2) is 18.2 Å². The lowest BCUT2D eigenvalue weighted by atomic mass is 10.1. The molecular formula is C23H33NO8. The average Bonchev–Trinajstić information content (AvgIpc) is 3.17. The first kappa shape index (κ1) is 25.3. The summed E-state index contributed by atoms with van der Waals surface area (Å²) in [6, 6.07) is 5.51. The zero-order valence-electron chi connectivity index (χ0n) is 19.5. The van der Waals surface area contributed by atoms with Crippen LogP contribution >= 0.6 is 0 Å². The van der Waals surface area contributed by atoms with Crippen LogP contribution in [0.25, 0.3) is 0 Å². The molecule has 178 valence electrons. The van der Waals surface area contributed by atoms with Gasteiger partial charge in [-0.15, -0.1) is 0 Å². The summed E-state index contributed by atoms with van der Waals surface area (Å²) in [4.78, 5) is 37.0. The molecule has 1 atom stereocenters. The van der Waals surface area contributed by atoms with Gasteiger partial charge in [-0.3, -0.25) is 9.59 Å². The van der Waals surface area contributed by atoms with Gasteiger partial charge in [-0.25, -0.2) is 4.79 Å². The number of carbonyl (C=O) groups is 3. The Morgan fingerprint density at radius 2 is 1.69 bits per heavy atom. The minimum absolute atomic E-state index is 0.136. The van der Waals surface area contributed by atoms with E-state index in [-0.39, 0.29) is 31.6 Å². The summed E-state index contributed by atoms with van der Waals surface area (Å²) < 4.78 is 25.8. The number of esters is 2. The number of amides is 1. The molecule has 0 spiro atoms. The molecule has 1 aromatic rings. The molecule has 1 aliphatic heterocycles. The minimum Gasteiger partial charge on any atom is -0.460 e. The van der Waals surface area contributed by atoms with Crippen molar-refractivity contribution in [1.29, 1.82) is 0 Å². The van der Waals surface area contributed by atoms with Gasteiger partial charge in [0.05, 0.1) is 0 Å². The normalized spacial score (nSPS) is 13.3. The molecular weight excluding hydrogens is 418 g/mol. The second kappa shape index (κ2) is 11.6. The maximum absolute atomic E-state index is 12.2. The van der Waals surface area contributed by atoms with Gasteiger partial charge in [0.25, 0.3) is 0 Å². The van der Waals surface area contributed by atoms with Crippen molar-refractivity contribution in [2.45, 2.75) is 71.4 Å². The van der Waals surface area contributed by atoms with Crippen LogP contribution in [0.2, 0.25) is 0 Å². The van der Waals surface area contributed by atoms with Gasteiger partial charge >= 0.3 is 18.0 Å². The number of ether oxygens (including phenoxy) is 5. The zero-order valence-corrected chi connectivity index (χ0v) is 19.5. The summed E-state index contributed by atoms with van der Waals surface area (Å²) in [6.07, 6.45) is 1.39. The highest BCUT2D eigenvalue weighted by Gasteiger charge is 2.20. The molecule has 0 radical (unpaired) electrons. The fourth-order valence-corrected chi connectivity index (χ4v) is 2.98. The zero-order chi connectivity index (χ0) is 23.7. The Labute approximate surface area is 188 Å². The Morgan fingerprint density at radius 3 is 2.38 bits per heavy atom. The number of fused-ring (bicyclic) bond motifs is 1. The molecule has 9 nitrogen and oxygen atoms in total. The highest BCUT2D eigenvalue weighted by atomic mass is 16.7. The highest BCUT2D eigenvalue weighted by Crippen LogP contribution is 2.33. The van der Waals surface area contributed by atoms with Gasteiger partial charge in [-0.1, -0.05) is 6.07 Å². The average molecular weight is 452 g/mol. The molecule has 0 saturated heterocycles. The molecule has 0 aromatic heterocycles. The van der Waals surface area contributed by atoms with Crippen molar-refractivity contribution in [2.75, 3.05) is 20.6 Å². The SMILES string of the molecule is CC(Cc1ccc2c(c1)OCO2)N(C)C(=O)OCOC(=O)CCCCC(=O)OC(C)(C)C. The second-order valence-corrected chi connectivity index (χ2v) is 8.69. The van der Waals surface area contributed by atoms with Crippen molar-refractivity contribution in [3.63, 3.8) is 0 Å². The lowest BCUT2D eigenvalue weighted by Crippen LogP contribution is -2.37. The van der Waals surface area contributed by atoms with Gasteiger partial charge in [-0.05, 0) is 64.7 Å². The van der Waals surface area contributed by atoms with Crippen LogP contribution in [0, 0.1) is 0 Å². The molecule has 1 amide bonds. The molecule has 0 fully saturated rings. The molecule has 1 unspecified atom stereocenters. The third kappa shape index (κ3) is 8.64. The number of rotatable bonds is 10. The van der Waals surface area contributed by atoms with E-state index >= 15 is 0 Å². The summed E-state index contributed by atoms with van der Waals surface area (Å²) in [5, 5.41) is 0. The van der Waals surface area contributed by atoms with Crippen molar-refractivity contribution in [2.24, 2.45) is 0 Å². The number of unbranched alkanes of at least 4 members (excludes halogenated alkanes) is 1. The Morgan fingerprint density at radius 1 is 1.03 bits per heavy atom. The molecule has 2 rings (SSSR count). The van der Waals surface area contributed by atoms with E-state index in [0.29, 0.717) is 30.8 Å². The minimum atomic E-state index is -0.587. The smallest absolute Gasteiger partial charge is 0.412 e. The highest BCUT2D eigenvalue weighted by molar-refractivity contribution is 5.71. The maximum Gasteiger partial charge on any atom is 0.412 e. The molecule has 0 saturated carbocycles. The number of hydrogen-bond donors (Lipinski definition) is 0. The lowest BCUT2D eigenvalue weighted by molar-refractivity contribution is -0.156. The number of likely N-dealkylation sites (N-methyl/N-ethyl adjacent to an activating group) is 1. The van der Waals surface area contributed by atoms with Crippen LogP contribution in [0.4, 0.5) is 4.79 Å². The van der Waals surface area contributed by atoms with E-state index < -0.39 is 24.5 Å². The quantitative estimate of drug-likeness (QED) is 0.301. The fraction of sp³-hybridized carbons (Fsp3) is 0.609. The van der Waals surface area contributed by atoms with Crippen LogP contribution in [0.3, 0.4) is 0 Å². The predicted molar refractivity (Wildman–Crippen MR) is 115 cm³/mol. The Bertz CT molecular complexity index is 802. The molecule has 32 heavy (non-hydrogen) atoms. The summed E-state index contributed by atoms with van der Waals surface area (Å²) in [6.45, 7) is 7.06. The van der Waals surface area contributed by atoms with Crippen molar-refractivity contribution in [3.8, 4) is 11.5 Å². The first-order valence-corrected chi connectivity index (χ1v) is 10.7. The van der Waals surface area contributed by atoms with E-state index in [1.165, 1.54) is 4.90 Å². The number of carbonyl (C=O) groups excluding carboxylic acids is 3. The standard InChI is InChI=1S/C23H33NO8/c1-16(12-17-10-11-18-19(13-17)29-14-28-18)24(5)22(27)31-15-30-20(25)8-6-7-9-21(26)32-23(2,3)4/h10-11,13,16H,6-9,12,14-15H2,1-5H3. The molecule has 0 bridgehead atoms. The Balaban J connectivity index is 1.61. The van der Waals surface area contributed by atoms with Crippen molar-refractivity contribution in [1.82, 2.24) is 4.90 Å². The molecule has 0 N–H and O–H groups in total. The van der Waals surface area contributed by atoms with E-state index in [1.807, 2.05) is 25.1 Å². The molecule has 0 aliphatic carbocycles. The molecule has 1 aliphatic rings. The third-order valence-corrected chi connectivity index (χ3v) is 4.75. The summed E-state index contributed by atoms with van der Waals surface area (Å²) >= 11 is 0. The summed E-state index contributed by atoms with van der Waals surface area (Å²) in [7, 11) is 1.62. The van der Waals surface area contributed by atoms with Gasteiger partial charge in [-0.2, -0.15) is 0 Å². The number of hydrogen-bond acceptors (Lipinski definition) is 8. The van der Waals surface area contributed by atoms with Crippen LogP contribution < -0.4 is 9.47 Å².